The number of thiazole rings is 1. The minimum atomic E-state index is -0.722. The molecule has 1 atom stereocenters. The maximum atomic E-state index is 13.4. The lowest BCUT2D eigenvalue weighted by Gasteiger charge is -2.22. The van der Waals surface area contributed by atoms with Crippen LogP contribution in [0, 0.1) is 5.82 Å². The average Bonchev–Trinajstić information content (AvgIpc) is 3.30. The van der Waals surface area contributed by atoms with Crippen LogP contribution in [0.1, 0.15) is 27.7 Å². The summed E-state index contributed by atoms with van der Waals surface area (Å²) >= 11 is 1.28. The van der Waals surface area contributed by atoms with Gasteiger partial charge in [-0.2, -0.15) is 0 Å². The number of rotatable bonds is 2. The lowest BCUT2D eigenvalue weighted by Crippen LogP contribution is -2.29. The molecule has 0 bridgehead atoms. The summed E-state index contributed by atoms with van der Waals surface area (Å²) in [6.07, 6.45) is 1.59. The lowest BCUT2D eigenvalue weighted by molar-refractivity contribution is 0.0971. The number of halogens is 1. The largest absolute Gasteiger partial charge is 0.450 e. The number of nitrogens with zero attached hydrogens (tertiary/aromatic N) is 2. The second-order valence-corrected chi connectivity index (χ2v) is 6.99. The molecule has 5 rings (SSSR count). The van der Waals surface area contributed by atoms with E-state index in [1.165, 1.54) is 28.4 Å². The van der Waals surface area contributed by atoms with Gasteiger partial charge in [0.15, 0.2) is 10.6 Å². The van der Waals surface area contributed by atoms with Crippen LogP contribution >= 0.6 is 11.3 Å². The fourth-order valence-corrected chi connectivity index (χ4v) is 4.08. The number of carbonyl (C=O) groups excluding carboxylic acids is 1. The summed E-state index contributed by atoms with van der Waals surface area (Å²) in [7, 11) is 0. The first-order chi connectivity index (χ1) is 13.1. The van der Waals surface area contributed by atoms with Crippen LogP contribution in [-0.4, -0.2) is 10.9 Å². The molecule has 0 saturated carbocycles. The molecule has 0 radical (unpaired) electrons. The van der Waals surface area contributed by atoms with E-state index in [0.29, 0.717) is 21.7 Å². The Morgan fingerprint density at radius 1 is 1.07 bits per heavy atom. The van der Waals surface area contributed by atoms with E-state index in [1.54, 1.807) is 48.0 Å². The van der Waals surface area contributed by atoms with Crippen LogP contribution in [-0.2, 0) is 0 Å². The highest BCUT2D eigenvalue weighted by atomic mass is 32.1. The van der Waals surface area contributed by atoms with Crippen LogP contribution in [0.15, 0.2) is 69.3 Å². The minimum Gasteiger partial charge on any atom is -0.450 e. The summed E-state index contributed by atoms with van der Waals surface area (Å²) in [5.41, 5.74) is 0.948. The summed E-state index contributed by atoms with van der Waals surface area (Å²) in [6.45, 7) is 0. The van der Waals surface area contributed by atoms with Crippen LogP contribution in [0.4, 0.5) is 9.52 Å². The van der Waals surface area contributed by atoms with Crippen molar-refractivity contribution in [1.29, 1.82) is 0 Å². The molecule has 1 aliphatic rings. The van der Waals surface area contributed by atoms with Crippen LogP contribution < -0.4 is 10.3 Å². The Bertz CT molecular complexity index is 1230. The SMILES string of the molecule is O=C1c2oc3ccccc3c(=O)c2C(c2ccc(F)cc2)N1c1nccs1. The van der Waals surface area contributed by atoms with Crippen molar-refractivity contribution in [2.24, 2.45) is 0 Å². The zero-order chi connectivity index (χ0) is 18.5. The van der Waals surface area contributed by atoms with E-state index in [2.05, 4.69) is 4.98 Å². The van der Waals surface area contributed by atoms with Crippen LogP contribution in [0.5, 0.6) is 0 Å². The Morgan fingerprint density at radius 2 is 1.85 bits per heavy atom. The Hall–Kier alpha value is -3.32. The molecule has 1 amide bonds. The Balaban J connectivity index is 1.83. The van der Waals surface area contributed by atoms with Crippen LogP contribution in [0.3, 0.4) is 0 Å². The Labute approximate surface area is 156 Å². The molecule has 0 fully saturated rings. The molecular weight excluding hydrogens is 367 g/mol. The number of anilines is 1. The number of para-hydroxylation sites is 1. The average molecular weight is 378 g/mol. The minimum absolute atomic E-state index is 0.00299. The molecule has 0 N–H and O–H groups in total. The topological polar surface area (TPSA) is 63.4 Å². The standard InChI is InChI=1S/C20H11FN2O3S/c21-12-7-5-11(6-8-12)16-15-17(24)13-3-1-2-4-14(13)26-18(15)19(25)23(16)20-22-9-10-27-20/h1-10,16H. The fourth-order valence-electron chi connectivity index (χ4n) is 3.41. The molecule has 0 spiro atoms. The first-order valence-electron chi connectivity index (χ1n) is 8.19. The van der Waals surface area contributed by atoms with Gasteiger partial charge in [-0.3, -0.25) is 14.5 Å². The zero-order valence-electron chi connectivity index (χ0n) is 13.8. The first kappa shape index (κ1) is 15.9. The molecule has 2 aromatic heterocycles. The van der Waals surface area contributed by atoms with E-state index >= 15 is 0 Å². The van der Waals surface area contributed by atoms with Gasteiger partial charge < -0.3 is 4.42 Å². The van der Waals surface area contributed by atoms with Gasteiger partial charge >= 0.3 is 0 Å². The normalized spacial score (nSPS) is 16.1. The molecule has 132 valence electrons. The van der Waals surface area contributed by atoms with Crippen molar-refractivity contribution in [3.8, 4) is 0 Å². The number of aromatic nitrogens is 1. The summed E-state index contributed by atoms with van der Waals surface area (Å²) in [5.74, 6) is -0.824. The van der Waals surface area contributed by atoms with Crippen LogP contribution in [0.2, 0.25) is 0 Å². The van der Waals surface area contributed by atoms with Gasteiger partial charge in [0.2, 0.25) is 5.76 Å². The van der Waals surface area contributed by atoms with Crippen molar-refractivity contribution in [1.82, 2.24) is 4.98 Å². The molecule has 1 unspecified atom stereocenters. The van der Waals surface area contributed by atoms with Gasteiger partial charge in [0.25, 0.3) is 5.91 Å². The van der Waals surface area contributed by atoms with E-state index in [-0.39, 0.29) is 16.8 Å². The predicted octanol–water partition coefficient (Wildman–Crippen LogP) is 4.14. The maximum absolute atomic E-state index is 13.4. The zero-order valence-corrected chi connectivity index (χ0v) is 14.6. The molecule has 4 aromatic rings. The summed E-state index contributed by atoms with van der Waals surface area (Å²) in [6, 6.07) is 11.8. The molecule has 0 saturated heterocycles. The van der Waals surface area contributed by atoms with E-state index in [0.717, 1.165) is 0 Å². The van der Waals surface area contributed by atoms with E-state index < -0.39 is 17.8 Å². The molecule has 3 heterocycles. The number of fused-ring (bicyclic) bond motifs is 2. The van der Waals surface area contributed by atoms with Gasteiger partial charge in [0, 0.05) is 11.6 Å². The lowest BCUT2D eigenvalue weighted by atomic mass is 9.99. The predicted molar refractivity (Wildman–Crippen MR) is 99.7 cm³/mol. The van der Waals surface area contributed by atoms with Crippen molar-refractivity contribution in [3.63, 3.8) is 0 Å². The van der Waals surface area contributed by atoms with E-state index in [1.807, 2.05) is 0 Å². The van der Waals surface area contributed by atoms with Crippen molar-refractivity contribution in [2.75, 3.05) is 4.90 Å². The molecule has 27 heavy (non-hydrogen) atoms. The van der Waals surface area contributed by atoms with Gasteiger partial charge in [0.1, 0.15) is 11.4 Å². The Morgan fingerprint density at radius 3 is 2.59 bits per heavy atom. The number of benzene rings is 2. The van der Waals surface area contributed by atoms with Gasteiger partial charge in [-0.1, -0.05) is 24.3 Å². The van der Waals surface area contributed by atoms with Gasteiger partial charge in [0.05, 0.1) is 17.0 Å². The monoisotopic (exact) mass is 378 g/mol. The number of amides is 1. The van der Waals surface area contributed by atoms with E-state index in [9.17, 15) is 14.0 Å². The van der Waals surface area contributed by atoms with Crippen molar-refractivity contribution >= 4 is 33.3 Å². The Kier molecular flexibility index (Phi) is 3.45. The third kappa shape index (κ3) is 2.32. The molecule has 5 nitrogen and oxygen atoms in total. The highest BCUT2D eigenvalue weighted by Crippen LogP contribution is 2.41. The number of hydrogen-bond acceptors (Lipinski definition) is 5. The highest BCUT2D eigenvalue weighted by molar-refractivity contribution is 7.13. The van der Waals surface area contributed by atoms with Crippen LogP contribution in [0.25, 0.3) is 11.0 Å². The molecule has 0 aliphatic carbocycles. The molecule has 2 aromatic carbocycles. The third-order valence-electron chi connectivity index (χ3n) is 4.59. The number of carbonyl (C=O) groups is 1. The van der Waals surface area contributed by atoms with Crippen molar-refractivity contribution < 1.29 is 13.6 Å². The smallest absolute Gasteiger partial charge is 0.297 e. The van der Waals surface area contributed by atoms with Gasteiger partial charge in [-0.05, 0) is 29.8 Å². The number of hydrogen-bond donors (Lipinski definition) is 0. The summed E-state index contributed by atoms with van der Waals surface area (Å²) in [4.78, 5) is 32.0. The van der Waals surface area contributed by atoms with Gasteiger partial charge in [-0.25, -0.2) is 9.37 Å². The second-order valence-electron chi connectivity index (χ2n) is 6.11. The molecule has 1 aliphatic heterocycles. The second kappa shape index (κ2) is 5.85. The highest BCUT2D eigenvalue weighted by Gasteiger charge is 2.44. The van der Waals surface area contributed by atoms with Gasteiger partial charge in [-0.15, -0.1) is 11.3 Å². The van der Waals surface area contributed by atoms with Crippen molar-refractivity contribution in [2.45, 2.75) is 6.04 Å². The third-order valence-corrected chi connectivity index (χ3v) is 5.36. The fraction of sp³-hybridized carbons (Fsp3) is 0.0500. The maximum Gasteiger partial charge on any atom is 0.297 e. The summed E-state index contributed by atoms with van der Waals surface area (Å²) in [5, 5.41) is 2.60. The molecular formula is C20H11FN2O3S. The first-order valence-corrected chi connectivity index (χ1v) is 9.07. The van der Waals surface area contributed by atoms with E-state index in [4.69, 9.17) is 4.42 Å². The van der Waals surface area contributed by atoms with Crippen molar-refractivity contribution in [3.05, 3.63) is 93.0 Å². The molecule has 7 heteroatoms. The summed E-state index contributed by atoms with van der Waals surface area (Å²) < 4.78 is 19.2. The quantitative estimate of drug-likeness (QED) is 0.526.